The molecule has 0 spiro atoms. The molecule has 0 heterocycles. The molecule has 0 radical (unpaired) electrons. The van der Waals surface area contributed by atoms with E-state index in [0.29, 0.717) is 17.0 Å². The van der Waals surface area contributed by atoms with Crippen LogP contribution in [0, 0.1) is 0 Å². The molecule has 124 valence electrons. The number of carbonyl (C=O) groups excluding carboxylic acids is 1. The lowest BCUT2D eigenvalue weighted by Gasteiger charge is -2.09. The Labute approximate surface area is 139 Å². The fourth-order valence-corrected chi connectivity index (χ4v) is 1.84. The quantitative estimate of drug-likeness (QED) is 0.651. The van der Waals surface area contributed by atoms with Crippen molar-refractivity contribution in [1.82, 2.24) is 0 Å². The molecular weight excluding hydrogens is 310 g/mol. The van der Waals surface area contributed by atoms with Crippen LogP contribution >= 0.6 is 0 Å². The lowest BCUT2D eigenvalue weighted by molar-refractivity contribution is -0.144. The van der Waals surface area contributed by atoms with Crippen LogP contribution in [0.3, 0.4) is 0 Å². The molecular formula is C18H17NO5. The van der Waals surface area contributed by atoms with Gasteiger partial charge in [0.2, 0.25) is 0 Å². The van der Waals surface area contributed by atoms with E-state index in [0.717, 1.165) is 5.56 Å². The predicted molar refractivity (Wildman–Crippen MR) is 89.2 cm³/mol. The summed E-state index contributed by atoms with van der Waals surface area (Å²) in [6, 6.07) is 13.6. The number of carboxylic acid groups (broad SMARTS) is 1. The average molecular weight is 327 g/mol. The fourth-order valence-electron chi connectivity index (χ4n) is 1.84. The Bertz CT molecular complexity index is 735. The molecule has 6 nitrogen and oxygen atoms in total. The SMILES string of the molecule is COC(=O)c1ccc(N=Cc2ccc(O[C@@H](C)C(=O)O)cc2)cc1. The molecule has 0 fully saturated rings. The van der Waals surface area contributed by atoms with E-state index in [1.807, 2.05) is 0 Å². The summed E-state index contributed by atoms with van der Waals surface area (Å²) in [6.07, 6.45) is 0.759. The average Bonchev–Trinajstić information content (AvgIpc) is 2.60. The maximum atomic E-state index is 11.3. The van der Waals surface area contributed by atoms with E-state index in [1.165, 1.54) is 14.0 Å². The van der Waals surface area contributed by atoms with Crippen LogP contribution in [0.25, 0.3) is 0 Å². The molecule has 0 saturated carbocycles. The molecule has 0 saturated heterocycles. The highest BCUT2D eigenvalue weighted by Crippen LogP contribution is 2.16. The zero-order valence-electron chi connectivity index (χ0n) is 13.3. The highest BCUT2D eigenvalue weighted by Gasteiger charge is 2.11. The summed E-state index contributed by atoms with van der Waals surface area (Å²) < 4.78 is 9.88. The third kappa shape index (κ3) is 4.67. The van der Waals surface area contributed by atoms with Gasteiger partial charge in [-0.2, -0.15) is 0 Å². The molecule has 0 amide bonds. The molecule has 24 heavy (non-hydrogen) atoms. The molecule has 1 atom stereocenters. The minimum Gasteiger partial charge on any atom is -0.479 e. The molecule has 2 rings (SSSR count). The van der Waals surface area contributed by atoms with Gasteiger partial charge in [0, 0.05) is 6.21 Å². The van der Waals surface area contributed by atoms with Crippen LogP contribution in [0.4, 0.5) is 5.69 Å². The van der Waals surface area contributed by atoms with Gasteiger partial charge in [-0.25, -0.2) is 9.59 Å². The number of methoxy groups -OCH3 is 1. The van der Waals surface area contributed by atoms with Crippen molar-refractivity contribution in [2.75, 3.05) is 7.11 Å². The number of carbonyl (C=O) groups is 2. The Morgan fingerprint density at radius 3 is 2.25 bits per heavy atom. The van der Waals surface area contributed by atoms with Crippen molar-refractivity contribution in [3.63, 3.8) is 0 Å². The van der Waals surface area contributed by atoms with Gasteiger partial charge in [-0.15, -0.1) is 0 Å². The molecule has 0 aliphatic carbocycles. The number of esters is 1. The Morgan fingerprint density at radius 1 is 1.08 bits per heavy atom. The minimum absolute atomic E-state index is 0.392. The fraction of sp³-hybridized carbons (Fsp3) is 0.167. The van der Waals surface area contributed by atoms with Gasteiger partial charge in [-0.1, -0.05) is 0 Å². The lowest BCUT2D eigenvalue weighted by atomic mass is 10.2. The van der Waals surface area contributed by atoms with Crippen LogP contribution in [-0.2, 0) is 9.53 Å². The van der Waals surface area contributed by atoms with E-state index in [2.05, 4.69) is 9.73 Å². The van der Waals surface area contributed by atoms with Crippen molar-refractivity contribution >= 4 is 23.8 Å². The summed E-state index contributed by atoms with van der Waals surface area (Å²) in [5, 5.41) is 8.80. The van der Waals surface area contributed by atoms with Gasteiger partial charge in [0.25, 0.3) is 0 Å². The molecule has 2 aromatic carbocycles. The Balaban J connectivity index is 2.01. The highest BCUT2D eigenvalue weighted by atomic mass is 16.5. The normalized spacial score (nSPS) is 11.9. The van der Waals surface area contributed by atoms with Gasteiger partial charge >= 0.3 is 11.9 Å². The molecule has 0 bridgehead atoms. The van der Waals surface area contributed by atoms with Crippen molar-refractivity contribution in [3.05, 3.63) is 59.7 Å². The zero-order chi connectivity index (χ0) is 17.5. The molecule has 6 heteroatoms. The highest BCUT2D eigenvalue weighted by molar-refractivity contribution is 5.90. The van der Waals surface area contributed by atoms with Gasteiger partial charge in [-0.3, -0.25) is 4.99 Å². The number of benzene rings is 2. The van der Waals surface area contributed by atoms with Crippen molar-refractivity contribution in [1.29, 1.82) is 0 Å². The van der Waals surface area contributed by atoms with Gasteiger partial charge in [0.1, 0.15) is 5.75 Å². The molecule has 1 N–H and O–H groups in total. The van der Waals surface area contributed by atoms with Crippen LogP contribution in [-0.4, -0.2) is 36.5 Å². The summed E-state index contributed by atoms with van der Waals surface area (Å²) >= 11 is 0. The number of nitrogens with zero attached hydrogens (tertiary/aromatic N) is 1. The number of aliphatic imine (C=N–C) groups is 1. The van der Waals surface area contributed by atoms with E-state index in [-0.39, 0.29) is 0 Å². The first kappa shape index (κ1) is 17.2. The largest absolute Gasteiger partial charge is 0.479 e. The Kier molecular flexibility index (Phi) is 5.68. The van der Waals surface area contributed by atoms with E-state index in [1.54, 1.807) is 54.7 Å². The van der Waals surface area contributed by atoms with Crippen LogP contribution in [0.5, 0.6) is 5.75 Å². The van der Waals surface area contributed by atoms with E-state index >= 15 is 0 Å². The first-order chi connectivity index (χ1) is 11.5. The summed E-state index contributed by atoms with van der Waals surface area (Å²) in [6.45, 7) is 1.47. The third-order valence-electron chi connectivity index (χ3n) is 3.19. The van der Waals surface area contributed by atoms with Crippen LogP contribution in [0.2, 0.25) is 0 Å². The van der Waals surface area contributed by atoms with Crippen molar-refractivity contribution < 1.29 is 24.2 Å². The Hall–Kier alpha value is -3.15. The van der Waals surface area contributed by atoms with Crippen LogP contribution < -0.4 is 4.74 Å². The van der Waals surface area contributed by atoms with Crippen molar-refractivity contribution in [2.24, 2.45) is 4.99 Å². The second-order valence-corrected chi connectivity index (χ2v) is 4.96. The summed E-state index contributed by atoms with van der Waals surface area (Å²) in [5.74, 6) is -0.933. The lowest BCUT2D eigenvalue weighted by Crippen LogP contribution is -2.22. The van der Waals surface area contributed by atoms with Crippen LogP contribution in [0.15, 0.2) is 53.5 Å². The second-order valence-electron chi connectivity index (χ2n) is 4.96. The first-order valence-electron chi connectivity index (χ1n) is 7.21. The van der Waals surface area contributed by atoms with Crippen LogP contribution in [0.1, 0.15) is 22.8 Å². The number of carboxylic acids is 1. The smallest absolute Gasteiger partial charge is 0.344 e. The predicted octanol–water partition coefficient (Wildman–Crippen LogP) is 3.08. The van der Waals surface area contributed by atoms with Gasteiger partial charge in [0.15, 0.2) is 6.10 Å². The van der Waals surface area contributed by atoms with Crippen molar-refractivity contribution in [2.45, 2.75) is 13.0 Å². The van der Waals surface area contributed by atoms with E-state index in [4.69, 9.17) is 9.84 Å². The van der Waals surface area contributed by atoms with Gasteiger partial charge in [0.05, 0.1) is 18.4 Å². The van der Waals surface area contributed by atoms with Gasteiger partial charge < -0.3 is 14.6 Å². The summed E-state index contributed by atoms with van der Waals surface area (Å²) in [7, 11) is 1.33. The standard InChI is InChI=1S/C18H17NO5/c1-12(17(20)21)24-16-9-3-13(4-10-16)11-19-15-7-5-14(6-8-15)18(22)23-2/h3-12H,1-2H3,(H,20,21)/t12-/m0/s1. The summed E-state index contributed by atoms with van der Waals surface area (Å²) in [5.41, 5.74) is 2.00. The molecule has 0 unspecified atom stereocenters. The number of aliphatic carboxylic acids is 1. The van der Waals surface area contributed by atoms with E-state index < -0.39 is 18.0 Å². The van der Waals surface area contributed by atoms with Gasteiger partial charge in [-0.05, 0) is 61.0 Å². The number of rotatable bonds is 6. The monoisotopic (exact) mass is 327 g/mol. The maximum absolute atomic E-state index is 11.3. The minimum atomic E-state index is -1.02. The number of hydrogen-bond acceptors (Lipinski definition) is 5. The number of hydrogen-bond donors (Lipinski definition) is 1. The first-order valence-corrected chi connectivity index (χ1v) is 7.21. The topological polar surface area (TPSA) is 85.2 Å². The second kappa shape index (κ2) is 7.92. The zero-order valence-corrected chi connectivity index (χ0v) is 13.3. The van der Waals surface area contributed by atoms with Crippen molar-refractivity contribution in [3.8, 4) is 5.75 Å². The molecule has 2 aromatic rings. The Morgan fingerprint density at radius 2 is 1.71 bits per heavy atom. The number of ether oxygens (including phenoxy) is 2. The summed E-state index contributed by atoms with van der Waals surface area (Å²) in [4.78, 5) is 26.4. The molecule has 0 aromatic heterocycles. The molecule has 0 aliphatic heterocycles. The third-order valence-corrected chi connectivity index (χ3v) is 3.19. The maximum Gasteiger partial charge on any atom is 0.344 e. The van der Waals surface area contributed by atoms with E-state index in [9.17, 15) is 9.59 Å². The molecule has 0 aliphatic rings.